The molecule has 0 spiro atoms. The molecule has 0 heterocycles. The highest BCUT2D eigenvalue weighted by molar-refractivity contribution is 6.40. The second kappa shape index (κ2) is 6.03. The Bertz CT molecular complexity index is 709. The van der Waals surface area contributed by atoms with Gasteiger partial charge in [0.25, 0.3) is 5.91 Å². The number of carbonyl (C=O) groups excluding carboxylic acids is 1. The molecule has 0 saturated carbocycles. The quantitative estimate of drug-likeness (QED) is 0.753. The van der Waals surface area contributed by atoms with Gasteiger partial charge in [-0.05, 0) is 24.3 Å². The van der Waals surface area contributed by atoms with Crippen LogP contribution < -0.4 is 11.1 Å². The number of rotatable bonds is 3. The molecule has 0 saturated heterocycles. The molecule has 7 heteroatoms. The first kappa shape index (κ1) is 15.2. The molecule has 2 aromatic carbocycles. The van der Waals surface area contributed by atoms with Crippen LogP contribution in [0.3, 0.4) is 0 Å². The average molecular weight is 325 g/mol. The molecule has 0 aromatic heterocycles. The molecular formula is C14H10Cl2N2O3. The maximum absolute atomic E-state index is 12.1. The van der Waals surface area contributed by atoms with Gasteiger partial charge in [0.15, 0.2) is 0 Å². The zero-order valence-corrected chi connectivity index (χ0v) is 12.1. The van der Waals surface area contributed by atoms with Crippen LogP contribution in [-0.2, 0) is 0 Å². The van der Waals surface area contributed by atoms with Crippen LogP contribution in [0.4, 0.5) is 11.4 Å². The minimum Gasteiger partial charge on any atom is -0.478 e. The van der Waals surface area contributed by atoms with E-state index in [1.807, 2.05) is 0 Å². The third-order valence-corrected chi connectivity index (χ3v) is 3.33. The number of carboxylic acids is 1. The van der Waals surface area contributed by atoms with Crippen LogP contribution in [0.5, 0.6) is 0 Å². The maximum Gasteiger partial charge on any atom is 0.335 e. The number of anilines is 2. The molecule has 0 fully saturated rings. The van der Waals surface area contributed by atoms with Gasteiger partial charge in [0, 0.05) is 5.69 Å². The third kappa shape index (κ3) is 3.26. The Balaban J connectivity index is 2.34. The van der Waals surface area contributed by atoms with E-state index >= 15 is 0 Å². The lowest BCUT2D eigenvalue weighted by molar-refractivity contribution is 0.0696. The fourth-order valence-electron chi connectivity index (χ4n) is 1.70. The summed E-state index contributed by atoms with van der Waals surface area (Å²) < 4.78 is 0. The van der Waals surface area contributed by atoms with E-state index in [-0.39, 0.29) is 26.9 Å². The molecule has 1 amide bonds. The molecule has 0 bridgehead atoms. The fraction of sp³-hybridized carbons (Fsp3) is 0. The minimum atomic E-state index is -1.16. The van der Waals surface area contributed by atoms with Gasteiger partial charge < -0.3 is 16.2 Å². The van der Waals surface area contributed by atoms with E-state index in [4.69, 9.17) is 34.0 Å². The third-order valence-electron chi connectivity index (χ3n) is 2.73. The molecule has 0 aliphatic rings. The van der Waals surface area contributed by atoms with E-state index < -0.39 is 11.9 Å². The number of aromatic carboxylic acids is 1. The van der Waals surface area contributed by atoms with Crippen LogP contribution in [0.1, 0.15) is 20.7 Å². The largest absolute Gasteiger partial charge is 0.478 e. The summed E-state index contributed by atoms with van der Waals surface area (Å²) in [6.07, 6.45) is 0. The van der Waals surface area contributed by atoms with Crippen LogP contribution in [0.15, 0.2) is 36.4 Å². The highest BCUT2D eigenvalue weighted by Crippen LogP contribution is 2.32. The van der Waals surface area contributed by atoms with Crippen molar-refractivity contribution in [2.24, 2.45) is 0 Å². The van der Waals surface area contributed by atoms with Crippen molar-refractivity contribution in [2.75, 3.05) is 11.1 Å². The van der Waals surface area contributed by atoms with E-state index in [0.717, 1.165) is 0 Å². The first-order chi connectivity index (χ1) is 9.90. The maximum atomic E-state index is 12.1. The Morgan fingerprint density at radius 2 is 1.67 bits per heavy atom. The summed E-state index contributed by atoms with van der Waals surface area (Å²) in [6.45, 7) is 0. The van der Waals surface area contributed by atoms with Gasteiger partial charge in [-0.2, -0.15) is 0 Å². The van der Waals surface area contributed by atoms with E-state index in [1.165, 1.54) is 12.1 Å². The summed E-state index contributed by atoms with van der Waals surface area (Å²) in [5.41, 5.74) is 6.36. The van der Waals surface area contributed by atoms with Gasteiger partial charge >= 0.3 is 5.97 Å². The molecule has 108 valence electrons. The average Bonchev–Trinajstić information content (AvgIpc) is 2.42. The summed E-state index contributed by atoms with van der Waals surface area (Å²) in [5.74, 6) is -1.65. The van der Waals surface area contributed by atoms with E-state index in [0.29, 0.717) is 5.69 Å². The van der Waals surface area contributed by atoms with E-state index in [9.17, 15) is 9.59 Å². The van der Waals surface area contributed by atoms with Crippen LogP contribution in [0.2, 0.25) is 10.0 Å². The van der Waals surface area contributed by atoms with Crippen molar-refractivity contribution in [1.82, 2.24) is 0 Å². The summed E-state index contributed by atoms with van der Waals surface area (Å²) in [6, 6.07) is 8.93. The van der Waals surface area contributed by atoms with E-state index in [2.05, 4.69) is 5.32 Å². The number of amides is 1. The number of nitrogens with one attached hydrogen (secondary N) is 1. The Morgan fingerprint density at radius 1 is 1.10 bits per heavy atom. The van der Waals surface area contributed by atoms with Gasteiger partial charge in [0.2, 0.25) is 0 Å². The molecule has 0 radical (unpaired) electrons. The molecule has 21 heavy (non-hydrogen) atoms. The molecule has 2 aromatic rings. The topological polar surface area (TPSA) is 92.4 Å². The summed E-state index contributed by atoms with van der Waals surface area (Å²) in [5, 5.41) is 11.5. The number of carboxylic acid groups (broad SMARTS) is 1. The van der Waals surface area contributed by atoms with Crippen LogP contribution >= 0.6 is 23.2 Å². The lowest BCUT2D eigenvalue weighted by Gasteiger charge is -2.11. The summed E-state index contributed by atoms with van der Waals surface area (Å²) in [7, 11) is 0. The Morgan fingerprint density at radius 3 is 2.19 bits per heavy atom. The highest BCUT2D eigenvalue weighted by Gasteiger charge is 2.16. The van der Waals surface area contributed by atoms with Crippen molar-refractivity contribution < 1.29 is 14.7 Å². The molecule has 2 rings (SSSR count). The first-order valence-electron chi connectivity index (χ1n) is 5.78. The molecule has 0 aliphatic heterocycles. The lowest BCUT2D eigenvalue weighted by atomic mass is 10.1. The lowest BCUT2D eigenvalue weighted by Crippen LogP contribution is -2.14. The Hall–Kier alpha value is -2.24. The van der Waals surface area contributed by atoms with E-state index in [1.54, 1.807) is 24.3 Å². The highest BCUT2D eigenvalue weighted by atomic mass is 35.5. The zero-order valence-electron chi connectivity index (χ0n) is 10.6. The van der Waals surface area contributed by atoms with Crippen molar-refractivity contribution in [2.45, 2.75) is 0 Å². The first-order valence-corrected chi connectivity index (χ1v) is 6.54. The number of nitrogens with two attached hydrogens (primary N) is 1. The van der Waals surface area contributed by atoms with Crippen molar-refractivity contribution in [1.29, 1.82) is 0 Å². The smallest absolute Gasteiger partial charge is 0.335 e. The van der Waals surface area contributed by atoms with Gasteiger partial charge in [-0.15, -0.1) is 0 Å². The Kier molecular flexibility index (Phi) is 4.35. The second-order valence-corrected chi connectivity index (χ2v) is 4.98. The number of para-hydroxylation sites is 1. The summed E-state index contributed by atoms with van der Waals surface area (Å²) in [4.78, 5) is 23.0. The number of hydrogen-bond donors (Lipinski definition) is 3. The van der Waals surface area contributed by atoms with Gasteiger partial charge in [-0.1, -0.05) is 35.3 Å². The van der Waals surface area contributed by atoms with Crippen molar-refractivity contribution in [3.05, 3.63) is 57.6 Å². The number of nitrogen functional groups attached to an aromatic ring is 1. The fourth-order valence-corrected chi connectivity index (χ4v) is 2.28. The van der Waals surface area contributed by atoms with Gasteiger partial charge in [-0.3, -0.25) is 4.79 Å². The van der Waals surface area contributed by atoms with Crippen molar-refractivity contribution >= 4 is 46.5 Å². The predicted molar refractivity (Wildman–Crippen MR) is 82.2 cm³/mol. The number of carbonyl (C=O) groups is 2. The monoisotopic (exact) mass is 324 g/mol. The van der Waals surface area contributed by atoms with Crippen LogP contribution in [0.25, 0.3) is 0 Å². The molecular weight excluding hydrogens is 315 g/mol. The van der Waals surface area contributed by atoms with Gasteiger partial charge in [0.1, 0.15) is 0 Å². The minimum absolute atomic E-state index is 0.0303. The normalized spacial score (nSPS) is 10.2. The van der Waals surface area contributed by atoms with Crippen LogP contribution in [0, 0.1) is 0 Å². The van der Waals surface area contributed by atoms with Crippen molar-refractivity contribution in [3.8, 4) is 0 Å². The molecule has 0 aliphatic carbocycles. The van der Waals surface area contributed by atoms with Gasteiger partial charge in [-0.25, -0.2) is 4.79 Å². The molecule has 5 nitrogen and oxygen atoms in total. The van der Waals surface area contributed by atoms with Gasteiger partial charge in [0.05, 0.1) is 26.9 Å². The number of hydrogen-bond acceptors (Lipinski definition) is 3. The number of halogens is 2. The standard InChI is InChI=1S/C14H10Cl2N2O3/c15-9-5-7(14(20)21)6-10(16)12(9)18-13(19)8-3-1-2-4-11(8)17/h1-6H,17H2,(H,18,19)(H,20,21). The SMILES string of the molecule is Nc1ccccc1C(=O)Nc1c(Cl)cc(C(=O)O)cc1Cl. The van der Waals surface area contributed by atoms with Crippen LogP contribution in [-0.4, -0.2) is 17.0 Å². The molecule has 4 N–H and O–H groups in total. The second-order valence-electron chi connectivity index (χ2n) is 4.16. The zero-order chi connectivity index (χ0) is 15.6. The number of benzene rings is 2. The summed E-state index contributed by atoms with van der Waals surface area (Å²) >= 11 is 11.9. The Labute approximate surface area is 130 Å². The predicted octanol–water partition coefficient (Wildman–Crippen LogP) is 3.53. The molecule has 0 unspecified atom stereocenters. The van der Waals surface area contributed by atoms with Crippen molar-refractivity contribution in [3.63, 3.8) is 0 Å². The molecule has 0 atom stereocenters.